The molecule has 6 nitrogen and oxygen atoms in total. The Hall–Kier alpha value is -1.89. The molecule has 2 aromatic rings. The maximum Gasteiger partial charge on any atom is 0.240 e. The van der Waals surface area contributed by atoms with Gasteiger partial charge in [0.25, 0.3) is 0 Å². The van der Waals surface area contributed by atoms with Gasteiger partial charge in [-0.1, -0.05) is 24.6 Å². The number of nitrogens with one attached hydrogen (secondary N) is 1. The van der Waals surface area contributed by atoms with Gasteiger partial charge in [-0.25, -0.2) is 10.5 Å². The third-order valence-electron chi connectivity index (χ3n) is 4.20. The number of halogens is 1. The second-order valence-electron chi connectivity index (χ2n) is 6.39. The number of aromatic nitrogens is 1. The number of hydrogen-bond acceptors (Lipinski definition) is 5. The van der Waals surface area contributed by atoms with E-state index >= 15 is 0 Å². The van der Waals surface area contributed by atoms with E-state index in [2.05, 4.69) is 10.5 Å². The van der Waals surface area contributed by atoms with Gasteiger partial charge in [-0.2, -0.15) is 0 Å². The monoisotopic (exact) mass is 365 g/mol. The first-order chi connectivity index (χ1) is 11.7. The van der Waals surface area contributed by atoms with Crippen LogP contribution in [0.4, 0.5) is 5.69 Å². The smallest absolute Gasteiger partial charge is 0.240 e. The summed E-state index contributed by atoms with van der Waals surface area (Å²) in [7, 11) is 0. The molecule has 1 heterocycles. The first-order valence-electron chi connectivity index (χ1n) is 8.21. The normalized spacial score (nSPS) is 13.6. The minimum absolute atomic E-state index is 0.237. The largest absolute Gasteiger partial charge is 0.398 e. The SMILES string of the molecule is CCC(C)(O)Cc1c(CCONC(C)=O)c(Cl)nc2cccc(N)c12. The van der Waals surface area contributed by atoms with Crippen LogP contribution < -0.4 is 11.2 Å². The number of nitrogen functional groups attached to an aromatic ring is 1. The van der Waals surface area contributed by atoms with Crippen molar-refractivity contribution in [3.05, 3.63) is 34.5 Å². The summed E-state index contributed by atoms with van der Waals surface area (Å²) in [6.45, 7) is 5.31. The summed E-state index contributed by atoms with van der Waals surface area (Å²) in [4.78, 5) is 20.5. The lowest BCUT2D eigenvalue weighted by Gasteiger charge is -2.25. The highest BCUT2D eigenvalue weighted by atomic mass is 35.5. The zero-order valence-corrected chi connectivity index (χ0v) is 15.5. The molecule has 0 radical (unpaired) electrons. The van der Waals surface area contributed by atoms with E-state index in [4.69, 9.17) is 22.2 Å². The van der Waals surface area contributed by atoms with Crippen LogP contribution in [-0.4, -0.2) is 28.2 Å². The average molecular weight is 366 g/mol. The maximum atomic E-state index is 10.9. The number of carbonyl (C=O) groups excluding carboxylic acids is 1. The van der Waals surface area contributed by atoms with Gasteiger partial charge in [-0.05, 0) is 36.6 Å². The van der Waals surface area contributed by atoms with Crippen molar-refractivity contribution in [1.82, 2.24) is 10.5 Å². The number of pyridine rings is 1. The first-order valence-corrected chi connectivity index (χ1v) is 8.59. The van der Waals surface area contributed by atoms with Crippen LogP contribution in [0, 0.1) is 0 Å². The minimum atomic E-state index is -0.896. The highest BCUT2D eigenvalue weighted by molar-refractivity contribution is 6.31. The zero-order valence-electron chi connectivity index (χ0n) is 14.7. The van der Waals surface area contributed by atoms with Crippen LogP contribution in [0.25, 0.3) is 10.9 Å². The molecule has 1 amide bonds. The van der Waals surface area contributed by atoms with Crippen LogP contribution in [0.15, 0.2) is 18.2 Å². The summed E-state index contributed by atoms with van der Waals surface area (Å²) < 4.78 is 0. The standard InChI is InChI=1S/C18H24ClN3O3/c1-4-18(3,24)10-13-12(8-9-25-22-11(2)23)17(19)21-15-7-5-6-14(20)16(13)15/h5-7,24H,4,8-10,20H2,1-3H3,(H,22,23). The van der Waals surface area contributed by atoms with Crippen molar-refractivity contribution in [2.24, 2.45) is 0 Å². The number of nitrogens with two attached hydrogens (primary N) is 1. The molecule has 0 saturated heterocycles. The molecule has 1 atom stereocenters. The number of aliphatic hydroxyl groups is 1. The third-order valence-corrected chi connectivity index (χ3v) is 4.51. The Kier molecular flexibility index (Phi) is 6.21. The molecule has 4 N–H and O–H groups in total. The van der Waals surface area contributed by atoms with Crippen LogP contribution in [0.2, 0.25) is 5.15 Å². The number of hydrogen-bond donors (Lipinski definition) is 3. The number of fused-ring (bicyclic) bond motifs is 1. The van der Waals surface area contributed by atoms with Gasteiger partial charge >= 0.3 is 0 Å². The lowest BCUT2D eigenvalue weighted by atomic mass is 9.88. The second kappa shape index (κ2) is 7.99. The number of nitrogens with zero attached hydrogens (tertiary/aromatic N) is 1. The fraction of sp³-hybridized carbons (Fsp3) is 0.444. The fourth-order valence-electron chi connectivity index (χ4n) is 2.69. The number of carbonyl (C=O) groups is 1. The number of rotatable bonds is 7. The Morgan fingerprint density at radius 3 is 2.80 bits per heavy atom. The Morgan fingerprint density at radius 2 is 2.16 bits per heavy atom. The number of amides is 1. The molecule has 25 heavy (non-hydrogen) atoms. The predicted molar refractivity (Wildman–Crippen MR) is 99.3 cm³/mol. The molecule has 0 aliphatic heterocycles. The number of hydroxylamine groups is 1. The molecule has 0 aliphatic rings. The molecule has 1 unspecified atom stereocenters. The molecule has 0 fully saturated rings. The van der Waals surface area contributed by atoms with E-state index in [0.717, 1.165) is 16.5 Å². The van der Waals surface area contributed by atoms with E-state index in [9.17, 15) is 9.90 Å². The Morgan fingerprint density at radius 1 is 1.44 bits per heavy atom. The Bertz CT molecular complexity index is 778. The molecule has 1 aromatic carbocycles. The van der Waals surface area contributed by atoms with Gasteiger partial charge in [0.05, 0.1) is 17.7 Å². The van der Waals surface area contributed by atoms with Crippen LogP contribution in [0.1, 0.15) is 38.3 Å². The van der Waals surface area contributed by atoms with Crippen molar-refractivity contribution >= 4 is 34.1 Å². The summed E-state index contributed by atoms with van der Waals surface area (Å²) in [5, 5.41) is 11.7. The van der Waals surface area contributed by atoms with Crippen LogP contribution in [0.5, 0.6) is 0 Å². The third kappa shape index (κ3) is 4.81. The summed E-state index contributed by atoms with van der Waals surface area (Å²) in [5.41, 5.74) is 10.5. The van der Waals surface area contributed by atoms with Crippen LogP contribution in [0.3, 0.4) is 0 Å². The molecule has 136 valence electrons. The van der Waals surface area contributed by atoms with Crippen LogP contribution in [-0.2, 0) is 22.5 Å². The summed E-state index contributed by atoms with van der Waals surface area (Å²) >= 11 is 6.40. The van der Waals surface area contributed by atoms with E-state index in [1.807, 2.05) is 19.1 Å². The summed E-state index contributed by atoms with van der Waals surface area (Å²) in [6, 6.07) is 5.47. The molecule has 0 aliphatic carbocycles. The molecule has 0 spiro atoms. The van der Waals surface area contributed by atoms with E-state index in [1.54, 1.807) is 13.0 Å². The fourth-order valence-corrected chi connectivity index (χ4v) is 2.99. The molecule has 1 aromatic heterocycles. The molecule has 2 rings (SSSR count). The van der Waals surface area contributed by atoms with Crippen molar-refractivity contribution < 1.29 is 14.7 Å². The Labute approximate surface area is 152 Å². The minimum Gasteiger partial charge on any atom is -0.398 e. The van der Waals surface area contributed by atoms with E-state index in [0.29, 0.717) is 35.6 Å². The number of benzene rings is 1. The highest BCUT2D eigenvalue weighted by Gasteiger charge is 2.24. The zero-order chi connectivity index (χ0) is 18.6. The van der Waals surface area contributed by atoms with E-state index in [-0.39, 0.29) is 12.5 Å². The maximum absolute atomic E-state index is 10.9. The van der Waals surface area contributed by atoms with E-state index < -0.39 is 5.60 Å². The highest BCUT2D eigenvalue weighted by Crippen LogP contribution is 2.33. The van der Waals surface area contributed by atoms with Gasteiger partial charge in [-0.3, -0.25) is 9.63 Å². The van der Waals surface area contributed by atoms with E-state index in [1.165, 1.54) is 6.92 Å². The predicted octanol–water partition coefficient (Wildman–Crippen LogP) is 2.78. The second-order valence-corrected chi connectivity index (χ2v) is 6.74. The molecule has 0 bridgehead atoms. The topological polar surface area (TPSA) is 97.5 Å². The average Bonchev–Trinajstić information content (AvgIpc) is 2.53. The Balaban J connectivity index is 2.48. The summed E-state index contributed by atoms with van der Waals surface area (Å²) in [6.07, 6.45) is 1.42. The van der Waals surface area contributed by atoms with Crippen molar-refractivity contribution in [2.75, 3.05) is 12.3 Å². The lowest BCUT2D eigenvalue weighted by molar-refractivity contribution is -0.131. The molecule has 0 saturated carbocycles. The number of anilines is 1. The van der Waals surface area contributed by atoms with Gasteiger partial charge in [-0.15, -0.1) is 0 Å². The van der Waals surface area contributed by atoms with Crippen molar-refractivity contribution in [2.45, 2.75) is 45.6 Å². The quantitative estimate of drug-likeness (QED) is 0.303. The van der Waals surface area contributed by atoms with Gasteiger partial charge in [0.1, 0.15) is 5.15 Å². The van der Waals surface area contributed by atoms with Gasteiger partial charge in [0.15, 0.2) is 0 Å². The van der Waals surface area contributed by atoms with Crippen molar-refractivity contribution in [1.29, 1.82) is 0 Å². The van der Waals surface area contributed by atoms with Gasteiger partial charge < -0.3 is 10.8 Å². The summed E-state index contributed by atoms with van der Waals surface area (Å²) in [5.74, 6) is -0.277. The molecular weight excluding hydrogens is 342 g/mol. The first kappa shape index (κ1) is 19.4. The van der Waals surface area contributed by atoms with Crippen molar-refractivity contribution in [3.63, 3.8) is 0 Å². The molecule has 7 heteroatoms. The van der Waals surface area contributed by atoms with Crippen LogP contribution >= 0.6 is 11.6 Å². The lowest BCUT2D eigenvalue weighted by Crippen LogP contribution is -2.27. The van der Waals surface area contributed by atoms with Gasteiger partial charge in [0, 0.05) is 30.8 Å². The van der Waals surface area contributed by atoms with Gasteiger partial charge in [0.2, 0.25) is 5.91 Å². The molecular formula is C18H24ClN3O3. The van der Waals surface area contributed by atoms with Crippen molar-refractivity contribution in [3.8, 4) is 0 Å².